The van der Waals surface area contributed by atoms with Gasteiger partial charge in [-0.05, 0) is 43.0 Å². The van der Waals surface area contributed by atoms with Gasteiger partial charge in [-0.3, -0.25) is 4.79 Å². The summed E-state index contributed by atoms with van der Waals surface area (Å²) in [6.45, 7) is 1.63. The third-order valence-corrected chi connectivity index (χ3v) is 4.11. The molecule has 5 heteroatoms. The van der Waals surface area contributed by atoms with Gasteiger partial charge in [0.25, 0.3) is 5.91 Å². The molecule has 0 aromatic heterocycles. The molecular weight excluding hydrogens is 350 g/mol. The van der Waals surface area contributed by atoms with Crippen molar-refractivity contribution in [3.63, 3.8) is 0 Å². The standard InChI is InChI=1S/C21H22ClNO3/c1-16(11-12-17-7-3-2-4-8-17)23-20(24)15-26-21(25)14-13-18-9-5-6-10-19(18)22/h2-10,13-14,16H,11-12,15H2,1H3,(H,23,24)/b14-13+/t16-/m1/s1. The Balaban J connectivity index is 1.69. The summed E-state index contributed by atoms with van der Waals surface area (Å²) in [6, 6.07) is 17.2. The van der Waals surface area contributed by atoms with Gasteiger partial charge in [0.15, 0.2) is 6.61 Å². The van der Waals surface area contributed by atoms with Gasteiger partial charge in [-0.25, -0.2) is 4.79 Å². The molecule has 0 saturated heterocycles. The summed E-state index contributed by atoms with van der Waals surface area (Å²) < 4.78 is 4.95. The summed E-state index contributed by atoms with van der Waals surface area (Å²) in [6.07, 6.45) is 4.51. The third-order valence-electron chi connectivity index (χ3n) is 3.77. The molecule has 2 rings (SSSR count). The van der Waals surface area contributed by atoms with Crippen molar-refractivity contribution in [1.82, 2.24) is 5.32 Å². The average molecular weight is 372 g/mol. The van der Waals surface area contributed by atoms with Crippen LogP contribution < -0.4 is 5.32 Å². The van der Waals surface area contributed by atoms with E-state index in [0.717, 1.165) is 12.8 Å². The fraction of sp³-hybridized carbons (Fsp3) is 0.238. The lowest BCUT2D eigenvalue weighted by Gasteiger charge is -2.13. The summed E-state index contributed by atoms with van der Waals surface area (Å²) in [5.41, 5.74) is 1.94. The smallest absolute Gasteiger partial charge is 0.331 e. The zero-order chi connectivity index (χ0) is 18.8. The zero-order valence-electron chi connectivity index (χ0n) is 14.7. The second-order valence-corrected chi connectivity index (χ2v) is 6.36. The number of amides is 1. The van der Waals surface area contributed by atoms with Gasteiger partial charge < -0.3 is 10.1 Å². The predicted molar refractivity (Wildman–Crippen MR) is 104 cm³/mol. The van der Waals surface area contributed by atoms with Crippen LogP contribution in [0, 0.1) is 0 Å². The van der Waals surface area contributed by atoms with E-state index in [1.165, 1.54) is 11.6 Å². The fourth-order valence-corrected chi connectivity index (χ4v) is 2.57. The summed E-state index contributed by atoms with van der Waals surface area (Å²) in [5.74, 6) is -0.901. The van der Waals surface area contributed by atoms with E-state index < -0.39 is 5.97 Å². The molecule has 4 nitrogen and oxygen atoms in total. The van der Waals surface area contributed by atoms with E-state index in [0.29, 0.717) is 10.6 Å². The van der Waals surface area contributed by atoms with Crippen LogP contribution in [0.3, 0.4) is 0 Å². The maximum atomic E-state index is 11.9. The van der Waals surface area contributed by atoms with Gasteiger partial charge >= 0.3 is 5.97 Å². The van der Waals surface area contributed by atoms with Crippen molar-refractivity contribution in [1.29, 1.82) is 0 Å². The Morgan fingerprint density at radius 3 is 2.54 bits per heavy atom. The van der Waals surface area contributed by atoms with Crippen LogP contribution in [0.5, 0.6) is 0 Å². The van der Waals surface area contributed by atoms with Crippen molar-refractivity contribution >= 4 is 29.6 Å². The molecule has 136 valence electrons. The van der Waals surface area contributed by atoms with Gasteiger partial charge in [0.2, 0.25) is 0 Å². The molecule has 0 aliphatic rings. The number of benzene rings is 2. The largest absolute Gasteiger partial charge is 0.452 e. The topological polar surface area (TPSA) is 55.4 Å². The molecule has 0 spiro atoms. The normalized spacial score (nSPS) is 11.9. The zero-order valence-corrected chi connectivity index (χ0v) is 15.4. The van der Waals surface area contributed by atoms with Crippen molar-refractivity contribution in [3.05, 3.63) is 76.8 Å². The van der Waals surface area contributed by atoms with Crippen LogP contribution in [0.2, 0.25) is 5.02 Å². The quantitative estimate of drug-likeness (QED) is 0.563. The first-order valence-corrected chi connectivity index (χ1v) is 8.85. The first kappa shape index (κ1) is 19.7. The van der Waals surface area contributed by atoms with Crippen LogP contribution in [0.25, 0.3) is 6.08 Å². The molecule has 0 fully saturated rings. The summed E-state index contributed by atoms with van der Waals surface area (Å²) in [5, 5.41) is 3.37. The highest BCUT2D eigenvalue weighted by Gasteiger charge is 2.09. The van der Waals surface area contributed by atoms with E-state index in [1.807, 2.05) is 31.2 Å². The lowest BCUT2D eigenvalue weighted by Crippen LogP contribution is -2.36. The van der Waals surface area contributed by atoms with Crippen molar-refractivity contribution in [2.45, 2.75) is 25.8 Å². The molecule has 0 saturated carbocycles. The number of hydrogen-bond acceptors (Lipinski definition) is 3. The Morgan fingerprint density at radius 1 is 1.12 bits per heavy atom. The Hall–Kier alpha value is -2.59. The second kappa shape index (κ2) is 10.4. The first-order valence-electron chi connectivity index (χ1n) is 8.47. The molecule has 2 aromatic rings. The minimum atomic E-state index is -0.586. The molecule has 2 aromatic carbocycles. The minimum Gasteiger partial charge on any atom is -0.452 e. The van der Waals surface area contributed by atoms with Crippen LogP contribution in [0.4, 0.5) is 0 Å². The number of hydrogen-bond donors (Lipinski definition) is 1. The molecule has 0 radical (unpaired) electrons. The van der Waals surface area contributed by atoms with Gasteiger partial charge in [0.1, 0.15) is 0 Å². The van der Waals surface area contributed by atoms with Crippen LogP contribution in [-0.2, 0) is 20.7 Å². The molecule has 0 unspecified atom stereocenters. The predicted octanol–water partition coefficient (Wildman–Crippen LogP) is 4.03. The second-order valence-electron chi connectivity index (χ2n) is 5.96. The van der Waals surface area contributed by atoms with Gasteiger partial charge in [-0.15, -0.1) is 0 Å². The lowest BCUT2D eigenvalue weighted by molar-refractivity contribution is -0.144. The van der Waals surface area contributed by atoms with E-state index in [2.05, 4.69) is 17.4 Å². The van der Waals surface area contributed by atoms with Crippen LogP contribution in [0.1, 0.15) is 24.5 Å². The Morgan fingerprint density at radius 2 is 1.81 bits per heavy atom. The number of aryl methyl sites for hydroxylation is 1. The van der Waals surface area contributed by atoms with Crippen LogP contribution in [-0.4, -0.2) is 24.5 Å². The number of halogens is 1. The monoisotopic (exact) mass is 371 g/mol. The Kier molecular flexibility index (Phi) is 7.90. The maximum Gasteiger partial charge on any atom is 0.331 e. The summed E-state index contributed by atoms with van der Waals surface area (Å²) >= 11 is 6.00. The van der Waals surface area contributed by atoms with Gasteiger partial charge in [-0.1, -0.05) is 60.1 Å². The van der Waals surface area contributed by atoms with Crippen molar-refractivity contribution in [2.24, 2.45) is 0 Å². The van der Waals surface area contributed by atoms with Crippen molar-refractivity contribution < 1.29 is 14.3 Å². The fourth-order valence-electron chi connectivity index (χ4n) is 2.37. The third kappa shape index (κ3) is 7.11. The van der Waals surface area contributed by atoms with Gasteiger partial charge in [-0.2, -0.15) is 0 Å². The SMILES string of the molecule is C[C@H](CCc1ccccc1)NC(=O)COC(=O)/C=C/c1ccccc1Cl. The summed E-state index contributed by atoms with van der Waals surface area (Å²) in [7, 11) is 0. The van der Waals surface area contributed by atoms with E-state index in [1.54, 1.807) is 24.3 Å². The first-order chi connectivity index (χ1) is 12.5. The van der Waals surface area contributed by atoms with Crippen molar-refractivity contribution in [2.75, 3.05) is 6.61 Å². The average Bonchev–Trinajstić information content (AvgIpc) is 2.65. The van der Waals surface area contributed by atoms with Crippen molar-refractivity contribution in [3.8, 4) is 0 Å². The highest BCUT2D eigenvalue weighted by atomic mass is 35.5. The molecule has 0 aliphatic carbocycles. The number of nitrogens with one attached hydrogen (secondary N) is 1. The van der Waals surface area contributed by atoms with E-state index >= 15 is 0 Å². The maximum absolute atomic E-state index is 11.9. The molecule has 0 bridgehead atoms. The molecule has 1 amide bonds. The number of carbonyl (C=O) groups is 2. The number of ether oxygens (including phenoxy) is 1. The van der Waals surface area contributed by atoms with Gasteiger partial charge in [0.05, 0.1) is 0 Å². The molecule has 1 atom stereocenters. The number of esters is 1. The van der Waals surface area contributed by atoms with E-state index in [4.69, 9.17) is 16.3 Å². The van der Waals surface area contributed by atoms with Crippen LogP contribution >= 0.6 is 11.6 Å². The highest BCUT2D eigenvalue weighted by molar-refractivity contribution is 6.32. The molecule has 0 heterocycles. The Bertz CT molecular complexity index is 759. The minimum absolute atomic E-state index is 0.0000700. The van der Waals surface area contributed by atoms with E-state index in [-0.39, 0.29) is 18.6 Å². The Labute approximate surface area is 158 Å². The highest BCUT2D eigenvalue weighted by Crippen LogP contribution is 2.16. The summed E-state index contributed by atoms with van der Waals surface area (Å²) in [4.78, 5) is 23.6. The lowest BCUT2D eigenvalue weighted by atomic mass is 10.1. The number of carbonyl (C=O) groups excluding carboxylic acids is 2. The van der Waals surface area contributed by atoms with Crippen LogP contribution in [0.15, 0.2) is 60.7 Å². The molecule has 1 N–H and O–H groups in total. The molecular formula is C21H22ClNO3. The van der Waals surface area contributed by atoms with E-state index in [9.17, 15) is 9.59 Å². The number of rotatable bonds is 8. The molecule has 0 aliphatic heterocycles. The van der Waals surface area contributed by atoms with Gasteiger partial charge in [0, 0.05) is 17.1 Å². The molecule has 26 heavy (non-hydrogen) atoms.